The smallest absolute Gasteiger partial charge is 0.289 e. The molecule has 0 saturated carbocycles. The molecule has 0 fully saturated rings. The maximum Gasteiger partial charge on any atom is 0.289 e. The van der Waals surface area contributed by atoms with Crippen LogP contribution in [0.5, 0.6) is 0 Å². The molecule has 138 valence electrons. The van der Waals surface area contributed by atoms with Crippen LogP contribution in [-0.4, -0.2) is 17.1 Å². The van der Waals surface area contributed by atoms with Crippen LogP contribution in [0, 0.1) is 11.6 Å². The van der Waals surface area contributed by atoms with E-state index in [4.69, 9.17) is 4.84 Å². The molecule has 26 heavy (non-hydrogen) atoms. The fourth-order valence-electron chi connectivity index (χ4n) is 2.91. The molecule has 0 atom stereocenters. The summed E-state index contributed by atoms with van der Waals surface area (Å²) in [4.78, 5) is 29.7. The van der Waals surface area contributed by atoms with Crippen LogP contribution >= 0.6 is 15.9 Å². The Labute approximate surface area is 156 Å². The Morgan fingerprint density at radius 2 is 2.15 bits per heavy atom. The van der Waals surface area contributed by atoms with Crippen molar-refractivity contribution in [3.05, 3.63) is 55.9 Å². The quantitative estimate of drug-likeness (QED) is 0.718. The standard InChI is InChI=1S/C17H16BrF2N3O3/c1-2-26-22-16(24)13-12-4-3-7-23(12)17(25)14(20)15(13)21-11-6-5-9(18)8-10(11)19/h5-6,8,21H,2-4,7H2,1H3,(H,22,24). The molecular formula is C17H16BrF2N3O3. The Kier molecular flexibility index (Phi) is 5.38. The molecule has 0 saturated heterocycles. The van der Waals surface area contributed by atoms with Crippen LogP contribution in [0.4, 0.5) is 20.2 Å². The van der Waals surface area contributed by atoms with Crippen molar-refractivity contribution in [1.29, 1.82) is 0 Å². The second kappa shape index (κ2) is 7.55. The number of hydrogen-bond acceptors (Lipinski definition) is 4. The van der Waals surface area contributed by atoms with Gasteiger partial charge in [-0.1, -0.05) is 15.9 Å². The number of aromatic nitrogens is 1. The Hall–Kier alpha value is -2.26. The summed E-state index contributed by atoms with van der Waals surface area (Å²) in [5.74, 6) is -2.49. The number of hydroxylamine groups is 1. The number of carbonyl (C=O) groups is 1. The zero-order valence-electron chi connectivity index (χ0n) is 13.9. The van der Waals surface area contributed by atoms with Crippen molar-refractivity contribution in [3.63, 3.8) is 0 Å². The summed E-state index contributed by atoms with van der Waals surface area (Å²) in [6.07, 6.45) is 1.04. The molecule has 0 aliphatic carbocycles. The molecule has 6 nitrogen and oxygen atoms in total. The van der Waals surface area contributed by atoms with Crippen molar-refractivity contribution in [2.24, 2.45) is 0 Å². The van der Waals surface area contributed by atoms with Crippen LogP contribution in [0.1, 0.15) is 29.4 Å². The maximum atomic E-state index is 14.7. The van der Waals surface area contributed by atoms with Crippen molar-refractivity contribution in [3.8, 4) is 0 Å². The summed E-state index contributed by atoms with van der Waals surface area (Å²) in [7, 11) is 0. The zero-order valence-corrected chi connectivity index (χ0v) is 15.5. The number of amides is 1. The lowest BCUT2D eigenvalue weighted by atomic mass is 10.1. The average molecular weight is 428 g/mol. The summed E-state index contributed by atoms with van der Waals surface area (Å²) in [5, 5.41) is 2.56. The molecule has 1 aliphatic rings. The van der Waals surface area contributed by atoms with Gasteiger partial charge in [-0.15, -0.1) is 0 Å². The molecule has 1 aliphatic heterocycles. The van der Waals surface area contributed by atoms with Gasteiger partial charge >= 0.3 is 0 Å². The van der Waals surface area contributed by atoms with E-state index in [1.807, 2.05) is 0 Å². The minimum Gasteiger partial charge on any atom is -0.350 e. The highest BCUT2D eigenvalue weighted by Gasteiger charge is 2.29. The van der Waals surface area contributed by atoms with E-state index in [1.54, 1.807) is 13.0 Å². The summed E-state index contributed by atoms with van der Waals surface area (Å²) >= 11 is 3.14. The van der Waals surface area contributed by atoms with Crippen molar-refractivity contribution in [2.75, 3.05) is 11.9 Å². The number of fused-ring (bicyclic) bond motifs is 1. The lowest BCUT2D eigenvalue weighted by Crippen LogP contribution is -2.32. The minimum atomic E-state index is -1.14. The lowest BCUT2D eigenvalue weighted by molar-refractivity contribution is 0.0363. The third kappa shape index (κ3) is 3.36. The van der Waals surface area contributed by atoms with Crippen LogP contribution in [0.15, 0.2) is 27.5 Å². The fourth-order valence-corrected chi connectivity index (χ4v) is 3.25. The molecule has 3 rings (SSSR count). The molecular weight excluding hydrogens is 412 g/mol. The van der Waals surface area contributed by atoms with Gasteiger partial charge in [-0.25, -0.2) is 9.87 Å². The SMILES string of the molecule is CCONC(=O)c1c(Nc2ccc(Br)cc2F)c(F)c(=O)n2c1CCC2. The molecule has 1 amide bonds. The van der Waals surface area contributed by atoms with Crippen LogP contribution in [-0.2, 0) is 17.8 Å². The van der Waals surface area contributed by atoms with E-state index < -0.39 is 23.1 Å². The highest BCUT2D eigenvalue weighted by atomic mass is 79.9. The summed E-state index contributed by atoms with van der Waals surface area (Å²) in [6.45, 7) is 2.22. The highest BCUT2D eigenvalue weighted by molar-refractivity contribution is 9.10. The van der Waals surface area contributed by atoms with E-state index in [0.717, 1.165) is 0 Å². The number of halogens is 3. The second-order valence-corrected chi connectivity index (χ2v) is 6.60. The molecule has 2 N–H and O–H groups in total. The normalized spacial score (nSPS) is 12.8. The van der Waals surface area contributed by atoms with Crippen molar-refractivity contribution in [2.45, 2.75) is 26.3 Å². The first-order chi connectivity index (χ1) is 12.4. The van der Waals surface area contributed by atoms with Gasteiger partial charge in [0.05, 0.1) is 23.5 Å². The number of nitrogens with zero attached hydrogens (tertiary/aromatic N) is 1. The number of benzene rings is 1. The number of carbonyl (C=O) groups excluding carboxylic acids is 1. The van der Waals surface area contributed by atoms with Gasteiger partial charge in [-0.3, -0.25) is 14.4 Å². The Balaban J connectivity index is 2.15. The Morgan fingerprint density at radius 1 is 1.38 bits per heavy atom. The lowest BCUT2D eigenvalue weighted by Gasteiger charge is -2.17. The first-order valence-electron chi connectivity index (χ1n) is 8.03. The van der Waals surface area contributed by atoms with Gasteiger partial charge < -0.3 is 9.88 Å². The molecule has 0 spiro atoms. The first kappa shape index (κ1) is 18.5. The van der Waals surface area contributed by atoms with Gasteiger partial charge in [0.2, 0.25) is 5.82 Å². The number of anilines is 2. The monoisotopic (exact) mass is 427 g/mol. The maximum absolute atomic E-state index is 14.7. The predicted molar refractivity (Wildman–Crippen MR) is 95.5 cm³/mol. The number of rotatable bonds is 5. The topological polar surface area (TPSA) is 72.4 Å². The third-order valence-electron chi connectivity index (χ3n) is 4.04. The molecule has 2 heterocycles. The van der Waals surface area contributed by atoms with Crippen molar-refractivity contribution >= 4 is 33.2 Å². The van der Waals surface area contributed by atoms with E-state index >= 15 is 0 Å². The van der Waals surface area contributed by atoms with E-state index in [1.165, 1.54) is 16.7 Å². The Bertz CT molecular complexity index is 930. The fraction of sp³-hybridized carbons (Fsp3) is 0.294. The van der Waals surface area contributed by atoms with Crippen LogP contribution in [0.3, 0.4) is 0 Å². The Morgan fingerprint density at radius 3 is 2.85 bits per heavy atom. The molecule has 0 radical (unpaired) electrons. The highest BCUT2D eigenvalue weighted by Crippen LogP contribution is 2.30. The molecule has 1 aromatic carbocycles. The van der Waals surface area contributed by atoms with E-state index in [2.05, 4.69) is 26.7 Å². The van der Waals surface area contributed by atoms with Gasteiger partial charge in [0.1, 0.15) is 5.82 Å². The van der Waals surface area contributed by atoms with Gasteiger partial charge in [-0.05, 0) is 38.0 Å². The van der Waals surface area contributed by atoms with Gasteiger partial charge in [-0.2, -0.15) is 4.39 Å². The molecule has 0 unspecified atom stereocenters. The van der Waals surface area contributed by atoms with Crippen LogP contribution < -0.4 is 16.4 Å². The summed E-state index contributed by atoms with van der Waals surface area (Å²) in [6, 6.07) is 4.14. The minimum absolute atomic E-state index is 0.0556. The largest absolute Gasteiger partial charge is 0.350 e. The van der Waals surface area contributed by atoms with Crippen LogP contribution in [0.25, 0.3) is 0 Å². The third-order valence-corrected chi connectivity index (χ3v) is 4.53. The van der Waals surface area contributed by atoms with E-state index in [9.17, 15) is 18.4 Å². The van der Waals surface area contributed by atoms with E-state index in [0.29, 0.717) is 29.6 Å². The van der Waals surface area contributed by atoms with E-state index in [-0.39, 0.29) is 23.5 Å². The van der Waals surface area contributed by atoms with Crippen molar-refractivity contribution in [1.82, 2.24) is 10.0 Å². The number of pyridine rings is 1. The molecule has 0 bridgehead atoms. The van der Waals surface area contributed by atoms with Gasteiger partial charge in [0.15, 0.2) is 0 Å². The second-order valence-electron chi connectivity index (χ2n) is 5.68. The zero-order chi connectivity index (χ0) is 18.8. The predicted octanol–water partition coefficient (Wildman–Crippen LogP) is 3.26. The molecule has 1 aromatic heterocycles. The number of hydrogen-bond donors (Lipinski definition) is 2. The number of nitrogens with one attached hydrogen (secondary N) is 2. The van der Waals surface area contributed by atoms with Gasteiger partial charge in [0, 0.05) is 16.7 Å². The van der Waals surface area contributed by atoms with Crippen LogP contribution in [0.2, 0.25) is 0 Å². The summed E-state index contributed by atoms with van der Waals surface area (Å²) in [5.41, 5.74) is 1.29. The molecule has 9 heteroatoms. The summed E-state index contributed by atoms with van der Waals surface area (Å²) < 4.78 is 30.6. The molecule has 2 aromatic rings. The average Bonchev–Trinajstić information content (AvgIpc) is 3.09. The van der Waals surface area contributed by atoms with Crippen molar-refractivity contribution < 1.29 is 18.4 Å². The first-order valence-corrected chi connectivity index (χ1v) is 8.82. The van der Waals surface area contributed by atoms with Gasteiger partial charge in [0.25, 0.3) is 11.5 Å².